The standard InChI is InChI=1S/C18H19N3O4/c1-13(22)21(16-7-5-14(6-8-16)18(24)25-2)11-10-20-17(23)15-4-3-9-19-12-15/h3-9,12H,10-11H2,1-2H3,(H,20,23). The molecule has 7 heteroatoms. The number of anilines is 1. The minimum atomic E-state index is -0.440. The summed E-state index contributed by atoms with van der Waals surface area (Å²) < 4.78 is 4.65. The van der Waals surface area contributed by atoms with Crippen LogP contribution in [0.1, 0.15) is 27.6 Å². The average Bonchev–Trinajstić information content (AvgIpc) is 2.65. The van der Waals surface area contributed by atoms with E-state index in [0.717, 1.165) is 0 Å². The van der Waals surface area contributed by atoms with Crippen molar-refractivity contribution in [2.45, 2.75) is 6.92 Å². The third-order valence-electron chi connectivity index (χ3n) is 3.52. The zero-order valence-corrected chi connectivity index (χ0v) is 14.1. The number of amides is 2. The molecule has 0 radical (unpaired) electrons. The molecule has 0 atom stereocenters. The third kappa shape index (κ3) is 4.87. The number of hydrogen-bond donors (Lipinski definition) is 1. The van der Waals surface area contributed by atoms with Crippen molar-refractivity contribution < 1.29 is 19.1 Å². The van der Waals surface area contributed by atoms with E-state index in [1.54, 1.807) is 42.6 Å². The highest BCUT2D eigenvalue weighted by atomic mass is 16.5. The molecule has 0 fully saturated rings. The van der Waals surface area contributed by atoms with E-state index in [9.17, 15) is 14.4 Å². The Morgan fingerprint density at radius 3 is 2.40 bits per heavy atom. The predicted molar refractivity (Wildman–Crippen MR) is 92.4 cm³/mol. The van der Waals surface area contributed by atoms with Crippen LogP contribution in [0.2, 0.25) is 0 Å². The van der Waals surface area contributed by atoms with Crippen LogP contribution in [-0.4, -0.2) is 43.0 Å². The summed E-state index contributed by atoms with van der Waals surface area (Å²) in [6, 6.07) is 9.85. The van der Waals surface area contributed by atoms with Crippen molar-refractivity contribution >= 4 is 23.5 Å². The van der Waals surface area contributed by atoms with Crippen molar-refractivity contribution in [1.29, 1.82) is 0 Å². The van der Waals surface area contributed by atoms with Crippen LogP contribution < -0.4 is 10.2 Å². The van der Waals surface area contributed by atoms with Gasteiger partial charge in [0, 0.05) is 38.1 Å². The Balaban J connectivity index is 1.98. The number of nitrogens with zero attached hydrogens (tertiary/aromatic N) is 2. The van der Waals surface area contributed by atoms with Crippen LogP contribution in [0.15, 0.2) is 48.8 Å². The average molecular weight is 341 g/mol. The summed E-state index contributed by atoms with van der Waals surface area (Å²) in [5, 5.41) is 2.75. The van der Waals surface area contributed by atoms with Gasteiger partial charge in [0.1, 0.15) is 0 Å². The monoisotopic (exact) mass is 341 g/mol. The molecule has 0 saturated heterocycles. The largest absolute Gasteiger partial charge is 0.465 e. The molecule has 0 spiro atoms. The maximum atomic E-state index is 12.0. The maximum Gasteiger partial charge on any atom is 0.337 e. The Labute approximate surface area is 145 Å². The minimum Gasteiger partial charge on any atom is -0.465 e. The summed E-state index contributed by atoms with van der Waals surface area (Å²) in [5.74, 6) is -0.858. The zero-order valence-electron chi connectivity index (χ0n) is 14.1. The van der Waals surface area contributed by atoms with Gasteiger partial charge < -0.3 is 15.0 Å². The number of carbonyl (C=O) groups excluding carboxylic acids is 3. The first-order chi connectivity index (χ1) is 12.0. The first-order valence-corrected chi connectivity index (χ1v) is 7.67. The van der Waals surface area contributed by atoms with Gasteiger partial charge in [0.2, 0.25) is 5.91 Å². The second kappa shape index (κ2) is 8.58. The first-order valence-electron chi connectivity index (χ1n) is 7.67. The number of pyridine rings is 1. The van der Waals surface area contributed by atoms with Gasteiger partial charge in [0.05, 0.1) is 18.2 Å². The molecule has 7 nitrogen and oxygen atoms in total. The van der Waals surface area contributed by atoms with Crippen LogP contribution in [-0.2, 0) is 9.53 Å². The molecular weight excluding hydrogens is 322 g/mol. The van der Waals surface area contributed by atoms with Crippen molar-refractivity contribution in [3.63, 3.8) is 0 Å². The quantitative estimate of drug-likeness (QED) is 0.807. The van der Waals surface area contributed by atoms with Gasteiger partial charge in [0.25, 0.3) is 5.91 Å². The predicted octanol–water partition coefficient (Wildman–Crippen LogP) is 1.65. The Morgan fingerprint density at radius 2 is 1.84 bits per heavy atom. The summed E-state index contributed by atoms with van der Waals surface area (Å²) in [5.41, 5.74) is 1.50. The topological polar surface area (TPSA) is 88.6 Å². The molecule has 25 heavy (non-hydrogen) atoms. The number of carbonyl (C=O) groups is 3. The lowest BCUT2D eigenvalue weighted by Crippen LogP contribution is -2.37. The fourth-order valence-electron chi connectivity index (χ4n) is 2.24. The molecule has 2 rings (SSSR count). The number of methoxy groups -OCH3 is 1. The van der Waals surface area contributed by atoms with Gasteiger partial charge in [-0.2, -0.15) is 0 Å². The number of aromatic nitrogens is 1. The number of ether oxygens (including phenoxy) is 1. The van der Waals surface area contributed by atoms with Crippen LogP contribution in [0.5, 0.6) is 0 Å². The molecule has 1 heterocycles. The molecule has 130 valence electrons. The number of esters is 1. The number of nitrogens with one attached hydrogen (secondary N) is 1. The van der Waals surface area contributed by atoms with Gasteiger partial charge >= 0.3 is 5.97 Å². The van der Waals surface area contributed by atoms with E-state index in [-0.39, 0.29) is 18.4 Å². The van der Waals surface area contributed by atoms with E-state index in [2.05, 4.69) is 15.0 Å². The van der Waals surface area contributed by atoms with Crippen molar-refractivity contribution in [2.75, 3.05) is 25.1 Å². The van der Waals surface area contributed by atoms with Gasteiger partial charge in [0.15, 0.2) is 0 Å². The van der Waals surface area contributed by atoms with Gasteiger partial charge in [-0.05, 0) is 36.4 Å². The molecule has 1 aromatic heterocycles. The number of benzene rings is 1. The highest BCUT2D eigenvalue weighted by Crippen LogP contribution is 2.16. The van der Waals surface area contributed by atoms with Crippen molar-refractivity contribution in [3.8, 4) is 0 Å². The summed E-state index contributed by atoms with van der Waals surface area (Å²) >= 11 is 0. The van der Waals surface area contributed by atoms with Crippen molar-refractivity contribution in [3.05, 3.63) is 59.9 Å². The third-order valence-corrected chi connectivity index (χ3v) is 3.52. The lowest BCUT2D eigenvalue weighted by Gasteiger charge is -2.21. The van der Waals surface area contributed by atoms with E-state index in [0.29, 0.717) is 23.4 Å². The smallest absolute Gasteiger partial charge is 0.337 e. The molecule has 0 aliphatic heterocycles. The second-order valence-corrected chi connectivity index (χ2v) is 5.21. The molecule has 2 aromatic rings. The molecule has 1 N–H and O–H groups in total. The summed E-state index contributed by atoms with van der Waals surface area (Å²) in [6.45, 7) is 2.03. The maximum absolute atomic E-state index is 12.0. The molecular formula is C18H19N3O4. The van der Waals surface area contributed by atoms with E-state index < -0.39 is 5.97 Å². The summed E-state index contributed by atoms with van der Waals surface area (Å²) in [7, 11) is 1.31. The fraction of sp³-hybridized carbons (Fsp3) is 0.222. The Hall–Kier alpha value is -3.22. The molecule has 1 aromatic carbocycles. The zero-order chi connectivity index (χ0) is 18.2. The van der Waals surface area contributed by atoms with Crippen LogP contribution in [0.4, 0.5) is 5.69 Å². The highest BCUT2D eigenvalue weighted by Gasteiger charge is 2.13. The van der Waals surface area contributed by atoms with Gasteiger partial charge in [-0.3, -0.25) is 14.6 Å². The van der Waals surface area contributed by atoms with Crippen molar-refractivity contribution in [1.82, 2.24) is 10.3 Å². The molecule has 0 unspecified atom stereocenters. The molecule has 0 aliphatic rings. The van der Waals surface area contributed by atoms with Gasteiger partial charge in [-0.1, -0.05) is 0 Å². The summed E-state index contributed by atoms with van der Waals surface area (Å²) in [4.78, 5) is 40.7. The second-order valence-electron chi connectivity index (χ2n) is 5.21. The minimum absolute atomic E-state index is 0.165. The van der Waals surface area contributed by atoms with Crippen molar-refractivity contribution in [2.24, 2.45) is 0 Å². The normalized spacial score (nSPS) is 10.0. The number of hydrogen-bond acceptors (Lipinski definition) is 5. The highest BCUT2D eigenvalue weighted by molar-refractivity contribution is 5.95. The summed E-state index contributed by atoms with van der Waals surface area (Å²) in [6.07, 6.45) is 3.07. The van der Waals surface area contributed by atoms with E-state index in [4.69, 9.17) is 0 Å². The molecule has 2 amide bonds. The Morgan fingerprint density at radius 1 is 1.12 bits per heavy atom. The molecule has 0 bridgehead atoms. The lowest BCUT2D eigenvalue weighted by molar-refractivity contribution is -0.116. The van der Waals surface area contributed by atoms with E-state index in [1.807, 2.05) is 0 Å². The fourth-order valence-corrected chi connectivity index (χ4v) is 2.24. The van der Waals surface area contributed by atoms with Crippen LogP contribution in [0, 0.1) is 0 Å². The van der Waals surface area contributed by atoms with Gasteiger partial charge in [-0.25, -0.2) is 4.79 Å². The Bertz CT molecular complexity index is 745. The Kier molecular flexibility index (Phi) is 6.22. The molecule has 0 saturated carbocycles. The van der Waals surface area contributed by atoms with E-state index >= 15 is 0 Å². The van der Waals surface area contributed by atoms with E-state index in [1.165, 1.54) is 25.1 Å². The molecule has 0 aliphatic carbocycles. The van der Waals surface area contributed by atoms with Crippen LogP contribution in [0.25, 0.3) is 0 Å². The van der Waals surface area contributed by atoms with Gasteiger partial charge in [-0.15, -0.1) is 0 Å². The van der Waals surface area contributed by atoms with Crippen LogP contribution >= 0.6 is 0 Å². The first kappa shape index (κ1) is 18.1. The van der Waals surface area contributed by atoms with Crippen LogP contribution in [0.3, 0.4) is 0 Å². The lowest BCUT2D eigenvalue weighted by atomic mass is 10.2. The number of rotatable bonds is 6. The SMILES string of the molecule is COC(=O)c1ccc(N(CCNC(=O)c2cccnc2)C(C)=O)cc1.